The predicted octanol–water partition coefficient (Wildman–Crippen LogP) is 1.52. The van der Waals surface area contributed by atoms with E-state index in [1.807, 2.05) is 12.1 Å². The largest absolute Gasteiger partial charge is 0.497 e. The van der Waals surface area contributed by atoms with Crippen molar-refractivity contribution in [2.75, 3.05) is 13.7 Å². The highest BCUT2D eigenvalue weighted by molar-refractivity contribution is 6.34. The van der Waals surface area contributed by atoms with Crippen molar-refractivity contribution in [1.82, 2.24) is 0 Å². The third kappa shape index (κ3) is 4.58. The Hall–Kier alpha value is -2.48. The smallest absolute Gasteiger partial charge is 0.353 e. The highest BCUT2D eigenvalue weighted by Crippen LogP contribution is 2.09. The van der Waals surface area contributed by atoms with E-state index < -0.39 is 5.97 Å². The Kier molecular flexibility index (Phi) is 5.26. The third-order valence-corrected chi connectivity index (χ3v) is 1.97. The number of carboxylic acid groups (broad SMARTS) is 1. The molecule has 0 saturated heterocycles. The van der Waals surface area contributed by atoms with Crippen molar-refractivity contribution in [1.29, 1.82) is 0 Å². The molecular weight excluding hydrogens is 234 g/mol. The van der Waals surface area contributed by atoms with Crippen molar-refractivity contribution in [3.05, 3.63) is 29.8 Å². The Balaban J connectivity index is 2.46. The maximum atomic E-state index is 10.4. The van der Waals surface area contributed by atoms with Gasteiger partial charge in [0.1, 0.15) is 5.75 Å². The summed E-state index contributed by atoms with van der Waals surface area (Å²) >= 11 is 0. The van der Waals surface area contributed by atoms with Crippen LogP contribution in [0, 0.1) is 11.8 Å². The Morgan fingerprint density at radius 1 is 1.39 bits per heavy atom. The first-order valence-corrected chi connectivity index (χ1v) is 5.16. The number of benzene rings is 1. The number of methoxy groups -OCH3 is 1. The van der Waals surface area contributed by atoms with Gasteiger partial charge in [0.25, 0.3) is 0 Å². The molecule has 0 spiro atoms. The molecule has 0 fully saturated rings. The van der Waals surface area contributed by atoms with Crippen LogP contribution < -0.4 is 4.74 Å². The van der Waals surface area contributed by atoms with Gasteiger partial charge in [-0.05, 0) is 31.2 Å². The summed E-state index contributed by atoms with van der Waals surface area (Å²) in [6.07, 6.45) is 0. The minimum Gasteiger partial charge on any atom is -0.497 e. The molecule has 1 rings (SSSR count). The minimum atomic E-state index is -1.11. The number of ether oxygens (including phenoxy) is 1. The SMILES string of the molecule is COc1ccc(C#CCON=C(C)C(=O)O)cc1. The average Bonchev–Trinajstić information content (AvgIpc) is 2.38. The Morgan fingerprint density at radius 2 is 2.06 bits per heavy atom. The van der Waals surface area contributed by atoms with Crippen LogP contribution in [0.25, 0.3) is 0 Å². The molecule has 94 valence electrons. The molecule has 0 saturated carbocycles. The van der Waals surface area contributed by atoms with Gasteiger partial charge in [-0.15, -0.1) is 0 Å². The fourth-order valence-corrected chi connectivity index (χ4v) is 1.01. The first-order chi connectivity index (χ1) is 8.63. The standard InChI is InChI=1S/C13H13NO4/c1-10(13(15)16)14-18-9-3-4-11-5-7-12(17-2)8-6-11/h5-8H,9H2,1-2H3,(H,15,16). The van der Waals surface area contributed by atoms with Gasteiger partial charge < -0.3 is 14.7 Å². The van der Waals surface area contributed by atoms with Crippen molar-refractivity contribution >= 4 is 11.7 Å². The first kappa shape index (κ1) is 13.6. The zero-order valence-corrected chi connectivity index (χ0v) is 10.1. The van der Waals surface area contributed by atoms with Gasteiger partial charge in [-0.2, -0.15) is 0 Å². The lowest BCUT2D eigenvalue weighted by Gasteiger charge is -1.97. The molecule has 5 nitrogen and oxygen atoms in total. The van der Waals surface area contributed by atoms with E-state index in [9.17, 15) is 4.79 Å². The number of nitrogens with zero attached hydrogens (tertiary/aromatic N) is 1. The molecule has 0 aliphatic heterocycles. The van der Waals surface area contributed by atoms with Crippen molar-refractivity contribution < 1.29 is 19.5 Å². The van der Waals surface area contributed by atoms with E-state index in [4.69, 9.17) is 14.7 Å². The summed E-state index contributed by atoms with van der Waals surface area (Å²) in [5, 5.41) is 11.9. The van der Waals surface area contributed by atoms with Gasteiger partial charge >= 0.3 is 5.97 Å². The second-order valence-corrected chi connectivity index (χ2v) is 3.29. The molecule has 0 unspecified atom stereocenters. The number of oxime groups is 1. The van der Waals surface area contributed by atoms with Gasteiger partial charge in [0, 0.05) is 5.56 Å². The van der Waals surface area contributed by atoms with E-state index in [2.05, 4.69) is 17.0 Å². The average molecular weight is 247 g/mol. The van der Waals surface area contributed by atoms with Crippen molar-refractivity contribution in [2.24, 2.45) is 5.16 Å². The highest BCUT2D eigenvalue weighted by atomic mass is 16.6. The summed E-state index contributed by atoms with van der Waals surface area (Å²) in [5.41, 5.74) is 0.708. The molecular formula is C13H13NO4. The molecule has 0 aromatic heterocycles. The van der Waals surface area contributed by atoms with Gasteiger partial charge in [-0.25, -0.2) is 4.79 Å². The molecule has 1 aromatic carbocycles. The van der Waals surface area contributed by atoms with Crippen LogP contribution in [0.2, 0.25) is 0 Å². The number of rotatable bonds is 4. The van der Waals surface area contributed by atoms with Gasteiger partial charge in [0.15, 0.2) is 12.3 Å². The lowest BCUT2D eigenvalue weighted by molar-refractivity contribution is -0.129. The van der Waals surface area contributed by atoms with Gasteiger partial charge in [0.2, 0.25) is 0 Å². The van der Waals surface area contributed by atoms with Crippen LogP contribution in [0.4, 0.5) is 0 Å². The molecule has 0 aliphatic rings. The van der Waals surface area contributed by atoms with Gasteiger partial charge in [0.05, 0.1) is 7.11 Å². The summed E-state index contributed by atoms with van der Waals surface area (Å²) in [6.45, 7) is 1.38. The topological polar surface area (TPSA) is 68.1 Å². The molecule has 1 aromatic rings. The van der Waals surface area contributed by atoms with E-state index in [1.54, 1.807) is 19.2 Å². The van der Waals surface area contributed by atoms with Crippen molar-refractivity contribution in [3.8, 4) is 17.6 Å². The second-order valence-electron chi connectivity index (χ2n) is 3.29. The van der Waals surface area contributed by atoms with Crippen LogP contribution >= 0.6 is 0 Å². The van der Waals surface area contributed by atoms with E-state index in [1.165, 1.54) is 6.92 Å². The molecule has 18 heavy (non-hydrogen) atoms. The predicted molar refractivity (Wildman–Crippen MR) is 66.6 cm³/mol. The molecule has 1 N–H and O–H groups in total. The quantitative estimate of drug-likeness (QED) is 0.379. The maximum absolute atomic E-state index is 10.4. The molecule has 0 atom stereocenters. The van der Waals surface area contributed by atoms with Crippen LogP contribution in [0.1, 0.15) is 12.5 Å². The Morgan fingerprint density at radius 3 is 2.61 bits per heavy atom. The minimum absolute atomic E-state index is 0.0383. The normalized spacial score (nSPS) is 10.2. The number of carbonyl (C=O) groups is 1. The van der Waals surface area contributed by atoms with Crippen LogP contribution in [0.5, 0.6) is 5.75 Å². The second kappa shape index (κ2) is 6.97. The van der Waals surface area contributed by atoms with Crippen LogP contribution in [-0.4, -0.2) is 30.5 Å². The molecule has 0 aliphatic carbocycles. The summed E-state index contributed by atoms with van der Waals surface area (Å²) in [7, 11) is 1.59. The van der Waals surface area contributed by atoms with Gasteiger partial charge in [-0.3, -0.25) is 0 Å². The number of hydrogen-bond donors (Lipinski definition) is 1. The lowest BCUT2D eigenvalue weighted by Crippen LogP contribution is -2.08. The summed E-state index contributed by atoms with van der Waals surface area (Å²) in [6, 6.07) is 7.24. The van der Waals surface area contributed by atoms with E-state index in [0.717, 1.165) is 11.3 Å². The Bertz CT molecular complexity index is 494. The van der Waals surface area contributed by atoms with E-state index >= 15 is 0 Å². The third-order valence-electron chi connectivity index (χ3n) is 1.97. The molecule has 0 heterocycles. The summed E-state index contributed by atoms with van der Waals surface area (Å²) in [5.74, 6) is 5.22. The van der Waals surface area contributed by atoms with Crippen molar-refractivity contribution in [3.63, 3.8) is 0 Å². The number of carboxylic acids is 1. The van der Waals surface area contributed by atoms with Crippen molar-refractivity contribution in [2.45, 2.75) is 6.92 Å². The molecule has 5 heteroatoms. The summed E-state index contributed by atoms with van der Waals surface area (Å²) < 4.78 is 5.01. The number of aliphatic carboxylic acids is 1. The molecule has 0 bridgehead atoms. The molecule has 0 radical (unpaired) electrons. The fraction of sp³-hybridized carbons (Fsp3) is 0.231. The monoisotopic (exact) mass is 247 g/mol. The van der Waals surface area contributed by atoms with E-state index in [-0.39, 0.29) is 12.3 Å². The zero-order valence-electron chi connectivity index (χ0n) is 10.1. The number of hydrogen-bond acceptors (Lipinski definition) is 4. The van der Waals surface area contributed by atoms with E-state index in [0.29, 0.717) is 0 Å². The van der Waals surface area contributed by atoms with Crippen LogP contribution in [0.3, 0.4) is 0 Å². The Labute approximate surface area is 105 Å². The van der Waals surface area contributed by atoms with Crippen LogP contribution in [0.15, 0.2) is 29.4 Å². The van der Waals surface area contributed by atoms with Gasteiger partial charge in [-0.1, -0.05) is 17.0 Å². The maximum Gasteiger partial charge on any atom is 0.353 e. The summed E-state index contributed by atoms with van der Waals surface area (Å²) in [4.78, 5) is 15.1. The first-order valence-electron chi connectivity index (χ1n) is 5.16. The fourth-order valence-electron chi connectivity index (χ4n) is 1.01. The lowest BCUT2D eigenvalue weighted by atomic mass is 10.2. The molecule has 0 amide bonds. The highest BCUT2D eigenvalue weighted by Gasteiger charge is 2.00. The zero-order chi connectivity index (χ0) is 13.4. The van der Waals surface area contributed by atoms with Crippen LogP contribution in [-0.2, 0) is 9.63 Å².